The fourth-order valence-corrected chi connectivity index (χ4v) is 9.38. The van der Waals surface area contributed by atoms with Crippen LogP contribution in [0.15, 0.2) is 90.1 Å². The summed E-state index contributed by atoms with van der Waals surface area (Å²) in [6.45, 7) is 8.22. The summed E-state index contributed by atoms with van der Waals surface area (Å²) in [6, 6.07) is 16.8. The average Bonchev–Trinajstić information content (AvgIpc) is 3.29. The number of ether oxygens (including phenoxy) is 5. The lowest BCUT2D eigenvalue weighted by atomic mass is 9.55. The van der Waals surface area contributed by atoms with E-state index in [0.717, 1.165) is 48.2 Å². The number of pyridine rings is 1. The van der Waals surface area contributed by atoms with Crippen LogP contribution in [0.4, 0.5) is 10.5 Å². The maximum absolute atomic E-state index is 14.2. The van der Waals surface area contributed by atoms with E-state index >= 15 is 0 Å². The normalized spacial score (nSPS) is 22.7. The molecule has 6 atom stereocenters. The molecule has 0 radical (unpaired) electrons. The van der Waals surface area contributed by atoms with Crippen LogP contribution in [0.5, 0.6) is 11.5 Å². The van der Waals surface area contributed by atoms with Gasteiger partial charge in [-0.1, -0.05) is 36.2 Å². The molecule has 6 rings (SSSR count). The predicted octanol–water partition coefficient (Wildman–Crippen LogP) is 7.18. The van der Waals surface area contributed by atoms with Crippen LogP contribution in [0.25, 0.3) is 0 Å². The van der Waals surface area contributed by atoms with Gasteiger partial charge in [0.15, 0.2) is 0 Å². The number of aryl methyl sites for hydroxylation is 1. The van der Waals surface area contributed by atoms with Crippen LogP contribution >= 0.6 is 0 Å². The highest BCUT2D eigenvalue weighted by molar-refractivity contribution is 6.03. The number of aliphatic hydroxyl groups excluding tert-OH is 3. The van der Waals surface area contributed by atoms with Crippen LogP contribution < -0.4 is 9.47 Å². The van der Waals surface area contributed by atoms with Gasteiger partial charge in [-0.2, -0.15) is 0 Å². The number of fused-ring (bicyclic) bond motifs is 2. The third-order valence-corrected chi connectivity index (χ3v) is 12.1. The number of allylic oxidation sites excluding steroid dienone is 1. The van der Waals surface area contributed by atoms with Crippen molar-refractivity contribution in [3.8, 4) is 11.5 Å². The van der Waals surface area contributed by atoms with Gasteiger partial charge >= 0.3 is 6.09 Å². The zero-order valence-corrected chi connectivity index (χ0v) is 36.8. The quantitative estimate of drug-likeness (QED) is 0.0334. The Morgan fingerprint density at radius 1 is 1.03 bits per heavy atom. The number of carbonyl (C=O) groups is 1. The van der Waals surface area contributed by atoms with Gasteiger partial charge in [0, 0.05) is 55.5 Å². The third kappa shape index (κ3) is 11.5. The van der Waals surface area contributed by atoms with E-state index < -0.39 is 28.8 Å². The summed E-state index contributed by atoms with van der Waals surface area (Å²) in [5.41, 5.74) is 4.59. The first-order valence-corrected chi connectivity index (χ1v) is 22.3. The largest absolute Gasteiger partial charge is 0.487 e. The van der Waals surface area contributed by atoms with Crippen molar-refractivity contribution < 1.29 is 53.6 Å². The number of hydrogen-bond acceptors (Lipinski definition) is 14. The smallest absolute Gasteiger partial charge is 0.410 e. The average molecular weight is 887 g/mol. The molecule has 1 amide bonds. The summed E-state index contributed by atoms with van der Waals surface area (Å²) >= 11 is 0. The molecule has 16 nitrogen and oxygen atoms in total. The van der Waals surface area contributed by atoms with Crippen molar-refractivity contribution in [2.45, 2.75) is 89.8 Å². The van der Waals surface area contributed by atoms with Crippen molar-refractivity contribution >= 4 is 17.5 Å². The Balaban J connectivity index is 1.54. The standard InChI is InChI=1S/C48H62N4O12/c1-4-25-62-48-44(51(47(56)60-5-2)21-26-59-27-24-55)30-42(50-63-31-34-15-17-37(18-16-34)52(57)58)40-28-35(12-6-8-22-53)39(14-7-9-23-54)45(46(40)48)41-29-38(19-20-43(41)64-48)61-32-36-13-10-11-33(3)49-36/h4,10-11,13,15-20,28-29,35,39,44-46,53-55H,1,5-9,12,14,21-27,30-32H2,2-3H3/t35-,39+,44-,45+,46+,48+/m0/s1. The number of nitro groups is 1. The molecular weight excluding hydrogens is 825 g/mol. The van der Waals surface area contributed by atoms with Crippen LogP contribution in [0, 0.1) is 34.8 Å². The van der Waals surface area contributed by atoms with Crippen LogP contribution in [0.2, 0.25) is 0 Å². The Hall–Kier alpha value is -5.39. The highest BCUT2D eigenvalue weighted by Crippen LogP contribution is 2.62. The summed E-state index contributed by atoms with van der Waals surface area (Å²) < 4.78 is 32.1. The molecule has 0 bridgehead atoms. The highest BCUT2D eigenvalue weighted by Gasteiger charge is 2.65. The third-order valence-electron chi connectivity index (χ3n) is 12.1. The number of benzene rings is 2. The number of rotatable bonds is 25. The monoisotopic (exact) mass is 886 g/mol. The number of oxime groups is 1. The summed E-state index contributed by atoms with van der Waals surface area (Å²) in [5.74, 6) is -1.26. The lowest BCUT2D eigenvalue weighted by molar-refractivity contribution is -0.384. The number of non-ortho nitro benzene ring substituents is 1. The van der Waals surface area contributed by atoms with Gasteiger partial charge in [0.25, 0.3) is 5.69 Å². The molecule has 64 heavy (non-hydrogen) atoms. The van der Waals surface area contributed by atoms with Crippen molar-refractivity contribution in [2.24, 2.45) is 22.9 Å². The Bertz CT molecular complexity index is 2080. The van der Waals surface area contributed by atoms with E-state index in [9.17, 15) is 30.2 Å². The molecule has 1 saturated carbocycles. The number of carbonyl (C=O) groups excluding carboxylic acids is 1. The molecule has 0 unspecified atom stereocenters. The van der Waals surface area contributed by atoms with Crippen LogP contribution in [0.3, 0.4) is 0 Å². The van der Waals surface area contributed by atoms with Crippen LogP contribution in [-0.4, -0.2) is 107 Å². The number of hydrogen-bond donors (Lipinski definition) is 3. The first-order chi connectivity index (χ1) is 31.2. The topological polar surface area (TPSA) is 205 Å². The van der Waals surface area contributed by atoms with Gasteiger partial charge in [0.2, 0.25) is 5.79 Å². The Labute approximate surface area is 374 Å². The lowest BCUT2D eigenvalue weighted by Gasteiger charge is -2.59. The maximum Gasteiger partial charge on any atom is 0.410 e. The van der Waals surface area contributed by atoms with Gasteiger partial charge in [-0.25, -0.2) is 4.79 Å². The van der Waals surface area contributed by atoms with E-state index in [2.05, 4.69) is 17.6 Å². The van der Waals surface area contributed by atoms with Crippen molar-refractivity contribution in [1.82, 2.24) is 9.88 Å². The van der Waals surface area contributed by atoms with Crippen LogP contribution in [-0.2, 0) is 32.3 Å². The minimum absolute atomic E-state index is 0.00456. The van der Waals surface area contributed by atoms with Gasteiger partial charge in [-0.15, -0.1) is 6.58 Å². The number of amides is 1. The number of unbranched alkanes of at least 4 members (excludes halogenated alkanes) is 2. The predicted molar refractivity (Wildman–Crippen MR) is 238 cm³/mol. The zero-order valence-electron chi connectivity index (χ0n) is 36.8. The van der Waals surface area contributed by atoms with Crippen molar-refractivity contribution in [3.05, 3.63) is 118 Å². The summed E-state index contributed by atoms with van der Waals surface area (Å²) in [5, 5.41) is 45.6. The van der Waals surface area contributed by atoms with Gasteiger partial charge < -0.3 is 43.8 Å². The second kappa shape index (κ2) is 23.5. The van der Waals surface area contributed by atoms with E-state index in [1.807, 2.05) is 43.3 Å². The second-order valence-electron chi connectivity index (χ2n) is 16.3. The van der Waals surface area contributed by atoms with E-state index in [1.165, 1.54) is 12.1 Å². The van der Waals surface area contributed by atoms with Gasteiger partial charge in [-0.05, 0) is 105 Å². The van der Waals surface area contributed by atoms with Crippen molar-refractivity contribution in [3.63, 3.8) is 0 Å². The van der Waals surface area contributed by atoms with Crippen molar-refractivity contribution in [2.75, 3.05) is 52.8 Å². The molecule has 2 aromatic carbocycles. The molecule has 346 valence electrons. The Morgan fingerprint density at radius 2 is 1.81 bits per heavy atom. The second-order valence-corrected chi connectivity index (χ2v) is 16.3. The molecule has 2 heterocycles. The first-order valence-electron chi connectivity index (χ1n) is 22.3. The molecule has 0 spiro atoms. The fraction of sp³-hybridized carbons (Fsp3) is 0.521. The number of nitrogens with zero attached hydrogens (tertiary/aromatic N) is 4. The molecular formula is C48H62N4O12. The first kappa shape index (κ1) is 48.1. The molecule has 1 aromatic heterocycles. The minimum Gasteiger partial charge on any atom is -0.487 e. The minimum atomic E-state index is -1.53. The molecule has 3 N–H and O–H groups in total. The van der Waals surface area contributed by atoms with Gasteiger partial charge in [0.1, 0.15) is 30.8 Å². The van der Waals surface area contributed by atoms with E-state index in [4.69, 9.17) is 33.7 Å². The molecule has 3 aliphatic rings. The number of aliphatic hydroxyl groups is 3. The molecule has 0 saturated heterocycles. The molecule has 2 aliphatic carbocycles. The van der Waals surface area contributed by atoms with E-state index in [1.54, 1.807) is 30.0 Å². The fourth-order valence-electron chi connectivity index (χ4n) is 9.38. The number of aromatic nitrogens is 1. The lowest BCUT2D eigenvalue weighted by Crippen LogP contribution is -2.70. The molecule has 16 heteroatoms. The van der Waals surface area contributed by atoms with E-state index in [0.29, 0.717) is 35.6 Å². The Morgan fingerprint density at radius 3 is 2.52 bits per heavy atom. The SMILES string of the molecule is C=CCO[C@@]12Oc3ccc(OCc4cccc(C)n4)cc3[C@H]3[C@H](CCCCO)[C@@H](CCCCO)C=C(C(=NOCc4ccc([N+](=O)[O-])cc4)C[C@@H]1N(CCOCCO)C(=O)OCC)[C@H]32. The molecule has 1 aliphatic heterocycles. The zero-order chi connectivity index (χ0) is 45.5. The summed E-state index contributed by atoms with van der Waals surface area (Å²) in [4.78, 5) is 37.4. The number of nitro benzene ring substituents is 1. The Kier molecular flexibility index (Phi) is 17.7. The maximum atomic E-state index is 14.2. The summed E-state index contributed by atoms with van der Waals surface area (Å²) in [7, 11) is 0. The molecule has 3 aromatic rings. The summed E-state index contributed by atoms with van der Waals surface area (Å²) in [6.07, 6.45) is 7.65. The molecule has 1 fully saturated rings. The van der Waals surface area contributed by atoms with Gasteiger partial charge in [-0.3, -0.25) is 20.0 Å². The highest BCUT2D eigenvalue weighted by atomic mass is 16.7. The van der Waals surface area contributed by atoms with E-state index in [-0.39, 0.29) is 95.9 Å². The van der Waals surface area contributed by atoms with Crippen LogP contribution in [0.1, 0.15) is 80.3 Å². The van der Waals surface area contributed by atoms with Gasteiger partial charge in [0.05, 0.1) is 55.3 Å². The van der Waals surface area contributed by atoms with Crippen molar-refractivity contribution in [1.29, 1.82) is 0 Å².